The zero-order chi connectivity index (χ0) is 25.8. The SMILES string of the molecule is CCOC(=O)c1nn(-c2ccc(C(C)C)cc2)c(=O)c2c(NC(=O)COc3ccccc3C)scc12. The highest BCUT2D eigenvalue weighted by atomic mass is 32.1. The number of hydrogen-bond acceptors (Lipinski definition) is 7. The number of benzene rings is 2. The molecular formula is C27H27N3O5S. The third-order valence-electron chi connectivity index (χ3n) is 5.63. The molecule has 0 bridgehead atoms. The number of fused-ring (bicyclic) bond motifs is 1. The third-order valence-corrected chi connectivity index (χ3v) is 6.53. The van der Waals surface area contributed by atoms with Crippen LogP contribution in [0.2, 0.25) is 0 Å². The minimum absolute atomic E-state index is 0.00676. The molecule has 36 heavy (non-hydrogen) atoms. The maximum absolute atomic E-state index is 13.5. The Balaban J connectivity index is 1.72. The summed E-state index contributed by atoms with van der Waals surface area (Å²) >= 11 is 1.14. The van der Waals surface area contributed by atoms with Gasteiger partial charge in [0.2, 0.25) is 0 Å². The van der Waals surface area contributed by atoms with Crippen molar-refractivity contribution in [3.05, 3.63) is 81.1 Å². The lowest BCUT2D eigenvalue weighted by atomic mass is 10.0. The molecule has 0 saturated heterocycles. The second-order valence-electron chi connectivity index (χ2n) is 8.49. The summed E-state index contributed by atoms with van der Waals surface area (Å²) in [5, 5.41) is 9.55. The molecule has 1 N–H and O–H groups in total. The standard InChI is InChI=1S/C27H27N3O5S/c1-5-34-27(33)24-20-15-36-25(28-22(31)14-35-21-9-7-6-8-17(21)4)23(20)26(32)30(29-24)19-12-10-18(11-13-19)16(2)3/h6-13,15-16H,5,14H2,1-4H3,(H,28,31). The first-order valence-corrected chi connectivity index (χ1v) is 12.5. The number of aryl methyl sites for hydroxylation is 1. The van der Waals surface area contributed by atoms with Gasteiger partial charge in [0.05, 0.1) is 17.7 Å². The van der Waals surface area contributed by atoms with Crippen molar-refractivity contribution in [2.45, 2.75) is 33.6 Å². The molecule has 4 aromatic rings. The number of nitrogens with zero attached hydrogens (tertiary/aromatic N) is 2. The number of para-hydroxylation sites is 1. The van der Waals surface area contributed by atoms with Gasteiger partial charge in [0.15, 0.2) is 12.3 Å². The van der Waals surface area contributed by atoms with Crippen molar-refractivity contribution in [1.82, 2.24) is 9.78 Å². The van der Waals surface area contributed by atoms with Gasteiger partial charge >= 0.3 is 5.97 Å². The van der Waals surface area contributed by atoms with Crippen LogP contribution in [0.4, 0.5) is 5.00 Å². The molecule has 0 spiro atoms. The predicted molar refractivity (Wildman–Crippen MR) is 141 cm³/mol. The minimum Gasteiger partial charge on any atom is -0.483 e. The van der Waals surface area contributed by atoms with E-state index in [1.54, 1.807) is 30.5 Å². The van der Waals surface area contributed by atoms with Crippen LogP contribution in [-0.2, 0) is 9.53 Å². The number of ether oxygens (including phenoxy) is 2. The Bertz CT molecular complexity index is 1470. The molecule has 186 valence electrons. The molecule has 8 nitrogen and oxygen atoms in total. The van der Waals surface area contributed by atoms with Gasteiger partial charge in [-0.1, -0.05) is 44.2 Å². The number of aromatic nitrogens is 2. The zero-order valence-corrected chi connectivity index (χ0v) is 21.3. The summed E-state index contributed by atoms with van der Waals surface area (Å²) in [6.45, 7) is 7.67. The fraction of sp³-hybridized carbons (Fsp3) is 0.259. The van der Waals surface area contributed by atoms with Crippen molar-refractivity contribution in [3.63, 3.8) is 0 Å². The van der Waals surface area contributed by atoms with Crippen LogP contribution in [0, 0.1) is 6.92 Å². The Kier molecular flexibility index (Phi) is 7.49. The van der Waals surface area contributed by atoms with Gasteiger partial charge in [0, 0.05) is 10.8 Å². The van der Waals surface area contributed by atoms with Crippen molar-refractivity contribution in [3.8, 4) is 11.4 Å². The van der Waals surface area contributed by atoms with Gasteiger partial charge in [-0.15, -0.1) is 11.3 Å². The monoisotopic (exact) mass is 505 g/mol. The van der Waals surface area contributed by atoms with Crippen LogP contribution in [0.25, 0.3) is 16.5 Å². The number of carbonyl (C=O) groups is 2. The highest BCUT2D eigenvalue weighted by Gasteiger charge is 2.23. The van der Waals surface area contributed by atoms with E-state index in [9.17, 15) is 14.4 Å². The quantitative estimate of drug-likeness (QED) is 0.336. The molecule has 0 aliphatic heterocycles. The van der Waals surface area contributed by atoms with Gasteiger partial charge in [-0.05, 0) is 49.1 Å². The zero-order valence-electron chi connectivity index (χ0n) is 20.5. The molecule has 4 rings (SSSR count). The Labute approximate surface area is 212 Å². The predicted octanol–water partition coefficient (Wildman–Crippen LogP) is 5.07. The fourth-order valence-corrected chi connectivity index (χ4v) is 4.64. The van der Waals surface area contributed by atoms with Crippen LogP contribution in [0.5, 0.6) is 5.75 Å². The van der Waals surface area contributed by atoms with Crippen LogP contribution < -0.4 is 15.6 Å². The maximum atomic E-state index is 13.5. The average molecular weight is 506 g/mol. The molecule has 2 aromatic carbocycles. The van der Waals surface area contributed by atoms with Crippen LogP contribution >= 0.6 is 11.3 Å². The number of hydrogen-bond donors (Lipinski definition) is 1. The molecule has 0 unspecified atom stereocenters. The van der Waals surface area contributed by atoms with E-state index in [1.807, 2.05) is 37.3 Å². The third kappa shape index (κ3) is 5.16. The second-order valence-corrected chi connectivity index (χ2v) is 9.37. The first kappa shape index (κ1) is 25.1. The van der Waals surface area contributed by atoms with E-state index in [0.29, 0.717) is 27.7 Å². The van der Waals surface area contributed by atoms with E-state index in [1.165, 1.54) is 4.68 Å². The van der Waals surface area contributed by atoms with Crippen molar-refractivity contribution in [1.29, 1.82) is 0 Å². The molecule has 0 aliphatic rings. The van der Waals surface area contributed by atoms with Gasteiger partial charge in [0.1, 0.15) is 10.8 Å². The molecule has 0 aliphatic carbocycles. The van der Waals surface area contributed by atoms with Crippen molar-refractivity contribution < 1.29 is 19.1 Å². The topological polar surface area (TPSA) is 99.5 Å². The van der Waals surface area contributed by atoms with Crippen molar-refractivity contribution >= 4 is 39.0 Å². The molecule has 0 saturated carbocycles. The fourth-order valence-electron chi connectivity index (χ4n) is 3.69. The van der Waals surface area contributed by atoms with Crippen molar-refractivity contribution in [2.24, 2.45) is 0 Å². The minimum atomic E-state index is -0.645. The summed E-state index contributed by atoms with van der Waals surface area (Å²) < 4.78 is 12.0. The molecule has 2 heterocycles. The van der Waals surface area contributed by atoms with E-state index < -0.39 is 17.4 Å². The molecule has 0 fully saturated rings. The smallest absolute Gasteiger partial charge is 0.359 e. The molecule has 9 heteroatoms. The highest BCUT2D eigenvalue weighted by Crippen LogP contribution is 2.31. The molecule has 2 aromatic heterocycles. The molecule has 1 amide bonds. The van der Waals surface area contributed by atoms with Crippen molar-refractivity contribution in [2.75, 3.05) is 18.5 Å². The van der Waals surface area contributed by atoms with E-state index >= 15 is 0 Å². The largest absolute Gasteiger partial charge is 0.483 e. The number of rotatable bonds is 8. The summed E-state index contributed by atoms with van der Waals surface area (Å²) in [7, 11) is 0. The Morgan fingerprint density at radius 2 is 1.83 bits per heavy atom. The summed E-state index contributed by atoms with van der Waals surface area (Å²) in [6, 6.07) is 14.8. The van der Waals surface area contributed by atoms with E-state index in [4.69, 9.17) is 9.47 Å². The number of thiophene rings is 1. The molecular weight excluding hydrogens is 478 g/mol. The normalized spacial score (nSPS) is 11.0. The van der Waals surface area contributed by atoms with Crippen LogP contribution in [-0.4, -0.2) is 34.9 Å². The molecule has 0 atom stereocenters. The van der Waals surface area contributed by atoms with Crippen LogP contribution in [0.1, 0.15) is 48.3 Å². The molecule has 0 radical (unpaired) electrons. The lowest BCUT2D eigenvalue weighted by Gasteiger charge is -2.12. The second kappa shape index (κ2) is 10.7. The van der Waals surface area contributed by atoms with Gasteiger partial charge in [-0.25, -0.2) is 4.79 Å². The summed E-state index contributed by atoms with van der Waals surface area (Å²) in [5.41, 5.74) is 2.07. The number of nitrogens with one attached hydrogen (secondary N) is 1. The van der Waals surface area contributed by atoms with E-state index in [0.717, 1.165) is 22.5 Å². The highest BCUT2D eigenvalue weighted by molar-refractivity contribution is 7.16. The first-order valence-electron chi connectivity index (χ1n) is 11.6. The Morgan fingerprint density at radius 3 is 2.50 bits per heavy atom. The lowest BCUT2D eigenvalue weighted by Crippen LogP contribution is -2.26. The summed E-state index contributed by atoms with van der Waals surface area (Å²) in [6.07, 6.45) is 0. The number of esters is 1. The lowest BCUT2D eigenvalue weighted by molar-refractivity contribution is -0.118. The van der Waals surface area contributed by atoms with Gasteiger partial charge in [-0.3, -0.25) is 9.59 Å². The van der Waals surface area contributed by atoms with E-state index in [2.05, 4.69) is 24.3 Å². The Morgan fingerprint density at radius 1 is 1.11 bits per heavy atom. The average Bonchev–Trinajstić information content (AvgIpc) is 3.28. The summed E-state index contributed by atoms with van der Waals surface area (Å²) in [5.74, 6) is -0.149. The van der Waals surface area contributed by atoms with Gasteiger partial charge < -0.3 is 14.8 Å². The number of carbonyl (C=O) groups excluding carboxylic acids is 2. The van der Waals surface area contributed by atoms with E-state index in [-0.39, 0.29) is 24.3 Å². The van der Waals surface area contributed by atoms with Gasteiger partial charge in [-0.2, -0.15) is 9.78 Å². The maximum Gasteiger partial charge on any atom is 0.359 e. The van der Waals surface area contributed by atoms with Crippen LogP contribution in [0.15, 0.2) is 58.7 Å². The number of amides is 1. The summed E-state index contributed by atoms with van der Waals surface area (Å²) in [4.78, 5) is 38.9. The number of anilines is 1. The first-order chi connectivity index (χ1) is 17.3. The van der Waals surface area contributed by atoms with Crippen LogP contribution in [0.3, 0.4) is 0 Å². The van der Waals surface area contributed by atoms with Gasteiger partial charge in [0.25, 0.3) is 11.5 Å². The Hall–Kier alpha value is -3.98.